The molecule has 0 unspecified atom stereocenters. The molecule has 0 bridgehead atoms. The van der Waals surface area contributed by atoms with Crippen LogP contribution in [0.2, 0.25) is 0 Å². The molecule has 0 saturated heterocycles. The first-order valence-corrected chi connectivity index (χ1v) is 7.78. The fourth-order valence-corrected chi connectivity index (χ4v) is 3.15. The van der Waals surface area contributed by atoms with Crippen molar-refractivity contribution < 1.29 is 19.5 Å². The Morgan fingerprint density at radius 1 is 1.24 bits per heavy atom. The lowest BCUT2D eigenvalue weighted by Crippen LogP contribution is -2.57. The van der Waals surface area contributed by atoms with E-state index in [1.54, 1.807) is 17.5 Å². The van der Waals surface area contributed by atoms with Gasteiger partial charge in [-0.25, -0.2) is 4.79 Å². The standard InChI is InChI=1S/C14H18N2O4S/c17-11(9-15-12(18)10-5-4-8-21-10)16-14(13(19)20)6-2-1-3-7-14/h4-5,8H,1-3,6-7,9H2,(H,15,18)(H,16,17)(H,19,20). The Hall–Kier alpha value is -1.89. The molecule has 2 rings (SSSR count). The van der Waals surface area contributed by atoms with Gasteiger partial charge in [0.1, 0.15) is 5.54 Å². The van der Waals surface area contributed by atoms with Gasteiger partial charge in [-0.2, -0.15) is 0 Å². The zero-order valence-electron chi connectivity index (χ0n) is 11.6. The van der Waals surface area contributed by atoms with Gasteiger partial charge in [-0.3, -0.25) is 9.59 Å². The fourth-order valence-electron chi connectivity index (χ4n) is 2.51. The zero-order chi connectivity index (χ0) is 15.3. The number of thiophene rings is 1. The summed E-state index contributed by atoms with van der Waals surface area (Å²) in [4.78, 5) is 35.6. The Morgan fingerprint density at radius 3 is 2.52 bits per heavy atom. The zero-order valence-corrected chi connectivity index (χ0v) is 12.4. The lowest BCUT2D eigenvalue weighted by Gasteiger charge is -2.33. The summed E-state index contributed by atoms with van der Waals surface area (Å²) in [6.07, 6.45) is 3.43. The van der Waals surface area contributed by atoms with Crippen LogP contribution < -0.4 is 10.6 Å². The van der Waals surface area contributed by atoms with Gasteiger partial charge in [0.2, 0.25) is 5.91 Å². The number of carboxylic acid groups (broad SMARTS) is 1. The van der Waals surface area contributed by atoms with E-state index >= 15 is 0 Å². The molecule has 0 aromatic carbocycles. The summed E-state index contributed by atoms with van der Waals surface area (Å²) in [5.41, 5.74) is -1.18. The topological polar surface area (TPSA) is 95.5 Å². The Kier molecular flexibility index (Phi) is 4.95. The van der Waals surface area contributed by atoms with Gasteiger partial charge in [0.05, 0.1) is 11.4 Å². The van der Waals surface area contributed by atoms with Crippen molar-refractivity contribution in [1.82, 2.24) is 10.6 Å². The minimum Gasteiger partial charge on any atom is -0.480 e. The molecule has 1 heterocycles. The second-order valence-corrected chi connectivity index (χ2v) is 6.10. The summed E-state index contributed by atoms with van der Waals surface area (Å²) >= 11 is 1.28. The highest BCUT2D eigenvalue weighted by molar-refractivity contribution is 7.12. The number of amides is 2. The second-order valence-electron chi connectivity index (χ2n) is 5.16. The van der Waals surface area contributed by atoms with E-state index in [2.05, 4.69) is 10.6 Å². The molecule has 1 aromatic heterocycles. The van der Waals surface area contributed by atoms with E-state index in [0.29, 0.717) is 17.7 Å². The molecule has 1 saturated carbocycles. The normalized spacial score (nSPS) is 17.0. The molecule has 7 heteroatoms. The lowest BCUT2D eigenvalue weighted by molar-refractivity contribution is -0.149. The van der Waals surface area contributed by atoms with Gasteiger partial charge in [0.15, 0.2) is 0 Å². The van der Waals surface area contributed by atoms with Crippen LogP contribution >= 0.6 is 11.3 Å². The van der Waals surface area contributed by atoms with Crippen molar-refractivity contribution >= 4 is 29.1 Å². The predicted molar refractivity (Wildman–Crippen MR) is 78.2 cm³/mol. The summed E-state index contributed by atoms with van der Waals surface area (Å²) < 4.78 is 0. The van der Waals surface area contributed by atoms with Crippen molar-refractivity contribution in [3.8, 4) is 0 Å². The van der Waals surface area contributed by atoms with Crippen LogP contribution in [0.15, 0.2) is 17.5 Å². The Morgan fingerprint density at radius 2 is 1.95 bits per heavy atom. The molecule has 1 aromatic rings. The summed E-state index contributed by atoms with van der Waals surface area (Å²) in [7, 11) is 0. The molecule has 0 aliphatic heterocycles. The maximum absolute atomic E-state index is 11.9. The Bertz CT molecular complexity index is 521. The van der Waals surface area contributed by atoms with Crippen LogP contribution in [-0.4, -0.2) is 35.0 Å². The van der Waals surface area contributed by atoms with Gasteiger partial charge in [0, 0.05) is 0 Å². The highest BCUT2D eigenvalue weighted by atomic mass is 32.1. The first kappa shape index (κ1) is 15.5. The Balaban J connectivity index is 1.88. The van der Waals surface area contributed by atoms with E-state index in [4.69, 9.17) is 0 Å². The van der Waals surface area contributed by atoms with E-state index in [0.717, 1.165) is 19.3 Å². The molecule has 2 amide bonds. The first-order chi connectivity index (χ1) is 10.0. The van der Waals surface area contributed by atoms with Gasteiger partial charge in [-0.1, -0.05) is 25.3 Å². The van der Waals surface area contributed by atoms with Gasteiger partial charge in [0.25, 0.3) is 5.91 Å². The van der Waals surface area contributed by atoms with Crippen LogP contribution in [0.3, 0.4) is 0 Å². The molecule has 3 N–H and O–H groups in total. The van der Waals surface area contributed by atoms with Crippen molar-refractivity contribution in [2.75, 3.05) is 6.54 Å². The molecule has 0 radical (unpaired) electrons. The van der Waals surface area contributed by atoms with Crippen molar-refractivity contribution in [2.24, 2.45) is 0 Å². The van der Waals surface area contributed by atoms with Crippen LogP contribution in [-0.2, 0) is 9.59 Å². The predicted octanol–water partition coefficient (Wildman–Crippen LogP) is 1.38. The van der Waals surface area contributed by atoms with Crippen LogP contribution in [0.25, 0.3) is 0 Å². The average molecular weight is 310 g/mol. The van der Waals surface area contributed by atoms with Crippen LogP contribution in [0, 0.1) is 0 Å². The van der Waals surface area contributed by atoms with Crippen LogP contribution in [0.4, 0.5) is 0 Å². The number of nitrogens with one attached hydrogen (secondary N) is 2. The molecular formula is C14H18N2O4S. The molecule has 21 heavy (non-hydrogen) atoms. The summed E-state index contributed by atoms with van der Waals surface area (Å²) in [6, 6.07) is 3.42. The molecule has 0 spiro atoms. The number of carbonyl (C=O) groups excluding carboxylic acids is 2. The number of carboxylic acids is 1. The van der Waals surface area contributed by atoms with Crippen LogP contribution in [0.5, 0.6) is 0 Å². The first-order valence-electron chi connectivity index (χ1n) is 6.90. The maximum atomic E-state index is 11.9. The van der Waals surface area contributed by atoms with E-state index in [9.17, 15) is 19.5 Å². The Labute approximate surface area is 126 Å². The number of carbonyl (C=O) groups is 3. The van der Waals surface area contributed by atoms with Crippen molar-refractivity contribution in [1.29, 1.82) is 0 Å². The molecule has 1 aliphatic rings. The largest absolute Gasteiger partial charge is 0.480 e. The van der Waals surface area contributed by atoms with Crippen molar-refractivity contribution in [3.63, 3.8) is 0 Å². The third kappa shape index (κ3) is 3.81. The average Bonchev–Trinajstić information content (AvgIpc) is 3.00. The SMILES string of the molecule is O=C(CNC(=O)c1cccs1)NC1(C(=O)O)CCCCC1. The van der Waals surface area contributed by atoms with Crippen molar-refractivity contribution in [2.45, 2.75) is 37.6 Å². The van der Waals surface area contributed by atoms with Gasteiger partial charge < -0.3 is 15.7 Å². The molecule has 1 fully saturated rings. The number of hydrogen-bond donors (Lipinski definition) is 3. The number of rotatable bonds is 5. The van der Waals surface area contributed by atoms with Gasteiger partial charge in [-0.15, -0.1) is 11.3 Å². The minimum atomic E-state index is -1.18. The molecule has 6 nitrogen and oxygen atoms in total. The molecule has 0 atom stereocenters. The quantitative estimate of drug-likeness (QED) is 0.765. The van der Waals surface area contributed by atoms with E-state index in [-0.39, 0.29) is 12.5 Å². The minimum absolute atomic E-state index is 0.217. The fraction of sp³-hybridized carbons (Fsp3) is 0.500. The highest BCUT2D eigenvalue weighted by Gasteiger charge is 2.40. The molecular weight excluding hydrogens is 292 g/mol. The summed E-state index contributed by atoms with van der Waals surface area (Å²) in [5.74, 6) is -1.79. The molecule has 114 valence electrons. The monoisotopic (exact) mass is 310 g/mol. The van der Waals surface area contributed by atoms with E-state index in [1.165, 1.54) is 11.3 Å². The van der Waals surface area contributed by atoms with Gasteiger partial charge >= 0.3 is 5.97 Å². The lowest BCUT2D eigenvalue weighted by atomic mass is 9.81. The van der Waals surface area contributed by atoms with Gasteiger partial charge in [-0.05, 0) is 24.3 Å². The smallest absolute Gasteiger partial charge is 0.329 e. The van der Waals surface area contributed by atoms with Crippen molar-refractivity contribution in [3.05, 3.63) is 22.4 Å². The third-order valence-electron chi connectivity index (χ3n) is 3.65. The van der Waals surface area contributed by atoms with E-state index in [1.807, 2.05) is 0 Å². The maximum Gasteiger partial charge on any atom is 0.329 e. The number of aliphatic carboxylic acids is 1. The second kappa shape index (κ2) is 6.71. The van der Waals surface area contributed by atoms with E-state index < -0.39 is 17.4 Å². The highest BCUT2D eigenvalue weighted by Crippen LogP contribution is 2.28. The molecule has 1 aliphatic carbocycles. The third-order valence-corrected chi connectivity index (χ3v) is 4.52. The summed E-state index contributed by atoms with van der Waals surface area (Å²) in [6.45, 7) is -0.217. The van der Waals surface area contributed by atoms with Crippen LogP contribution in [0.1, 0.15) is 41.8 Å². The number of hydrogen-bond acceptors (Lipinski definition) is 4. The summed E-state index contributed by atoms with van der Waals surface area (Å²) in [5, 5.41) is 16.2.